The van der Waals surface area contributed by atoms with Gasteiger partial charge >= 0.3 is 17.9 Å². The van der Waals surface area contributed by atoms with Crippen LogP contribution in [0.1, 0.15) is 252 Å². The maximum Gasteiger partial charge on any atom is 0.306 e. The summed E-state index contributed by atoms with van der Waals surface area (Å²) in [6.07, 6.45) is 39.6. The van der Waals surface area contributed by atoms with Gasteiger partial charge in [0.05, 0.1) is 0 Å². The van der Waals surface area contributed by atoms with Gasteiger partial charge in [0.2, 0.25) is 0 Å². The molecule has 0 amide bonds. The van der Waals surface area contributed by atoms with Gasteiger partial charge in [-0.2, -0.15) is 0 Å². The van der Waals surface area contributed by atoms with Crippen molar-refractivity contribution in [2.75, 3.05) is 13.2 Å². The zero-order valence-corrected chi connectivity index (χ0v) is 35.3. The molecule has 0 aliphatic heterocycles. The van der Waals surface area contributed by atoms with Crippen molar-refractivity contribution >= 4 is 17.9 Å². The summed E-state index contributed by atoms with van der Waals surface area (Å²) in [4.78, 5) is 37.5. The molecule has 0 N–H and O–H groups in total. The molecule has 52 heavy (non-hydrogen) atoms. The van der Waals surface area contributed by atoms with Gasteiger partial charge in [-0.05, 0) is 25.2 Å². The minimum Gasteiger partial charge on any atom is -0.462 e. The van der Waals surface area contributed by atoms with E-state index in [0.717, 1.165) is 63.7 Å². The molecule has 0 aliphatic carbocycles. The predicted molar refractivity (Wildman–Crippen MR) is 220 cm³/mol. The molecule has 6 heteroatoms. The second kappa shape index (κ2) is 40.6. The number of carbonyl (C=O) groups excluding carboxylic acids is 3. The summed E-state index contributed by atoms with van der Waals surface area (Å²) in [5.74, 6) is -0.0138. The van der Waals surface area contributed by atoms with E-state index in [9.17, 15) is 14.4 Å². The molecule has 0 aromatic heterocycles. The monoisotopic (exact) mass is 737 g/mol. The largest absolute Gasteiger partial charge is 0.462 e. The van der Waals surface area contributed by atoms with E-state index in [-0.39, 0.29) is 31.1 Å². The van der Waals surface area contributed by atoms with Crippen LogP contribution in [0.2, 0.25) is 0 Å². The predicted octanol–water partition coefficient (Wildman–Crippen LogP) is 14.3. The first-order valence-corrected chi connectivity index (χ1v) is 22.9. The molecule has 0 unspecified atom stereocenters. The van der Waals surface area contributed by atoms with Crippen molar-refractivity contribution in [3.05, 3.63) is 0 Å². The Balaban J connectivity index is 4.15. The maximum atomic E-state index is 12.6. The summed E-state index contributed by atoms with van der Waals surface area (Å²) in [6, 6.07) is 0. The molecule has 0 radical (unpaired) electrons. The zero-order chi connectivity index (χ0) is 38.2. The highest BCUT2D eigenvalue weighted by molar-refractivity contribution is 5.71. The molecule has 308 valence electrons. The lowest BCUT2D eigenvalue weighted by atomic mass is 10.0. The molecule has 0 bridgehead atoms. The van der Waals surface area contributed by atoms with Crippen molar-refractivity contribution in [3.63, 3.8) is 0 Å². The van der Waals surface area contributed by atoms with E-state index < -0.39 is 6.10 Å². The third-order valence-electron chi connectivity index (χ3n) is 10.3. The van der Waals surface area contributed by atoms with Crippen molar-refractivity contribution in [1.82, 2.24) is 0 Å². The molecule has 1 atom stereocenters. The SMILES string of the molecule is CCCCCCCCCCCC(=O)OC[C@H](COC(=O)CCCCCCCCCCCCCCCCCC(C)C)OC(=O)CCCCCCCCC. The second-order valence-corrected chi connectivity index (χ2v) is 16.2. The molecule has 0 aromatic carbocycles. The second-order valence-electron chi connectivity index (χ2n) is 16.2. The summed E-state index contributed by atoms with van der Waals surface area (Å²) in [5.41, 5.74) is 0. The van der Waals surface area contributed by atoms with Crippen molar-refractivity contribution in [3.8, 4) is 0 Å². The van der Waals surface area contributed by atoms with Gasteiger partial charge in [-0.3, -0.25) is 14.4 Å². The molecule has 0 heterocycles. The highest BCUT2D eigenvalue weighted by Crippen LogP contribution is 2.16. The molecule has 0 saturated heterocycles. The van der Waals surface area contributed by atoms with Crippen LogP contribution in [0.4, 0.5) is 0 Å². The topological polar surface area (TPSA) is 78.9 Å². The van der Waals surface area contributed by atoms with Gasteiger partial charge in [-0.25, -0.2) is 0 Å². The molecule has 0 aromatic rings. The average Bonchev–Trinajstić information content (AvgIpc) is 3.12. The van der Waals surface area contributed by atoms with Gasteiger partial charge in [0.25, 0.3) is 0 Å². The van der Waals surface area contributed by atoms with Crippen LogP contribution in [-0.2, 0) is 28.6 Å². The van der Waals surface area contributed by atoms with Crippen molar-refractivity contribution in [2.45, 2.75) is 259 Å². The van der Waals surface area contributed by atoms with Gasteiger partial charge in [-0.15, -0.1) is 0 Å². The lowest BCUT2D eigenvalue weighted by Gasteiger charge is -2.18. The molecule has 0 spiro atoms. The Morgan fingerprint density at radius 2 is 0.635 bits per heavy atom. The van der Waals surface area contributed by atoms with E-state index in [1.165, 1.54) is 148 Å². The first-order chi connectivity index (χ1) is 25.4. The Bertz CT molecular complexity index is 781. The number of unbranched alkanes of at least 4 members (excludes halogenated alkanes) is 28. The maximum absolute atomic E-state index is 12.6. The Morgan fingerprint density at radius 3 is 0.942 bits per heavy atom. The van der Waals surface area contributed by atoms with Gasteiger partial charge in [0.15, 0.2) is 6.10 Å². The minimum absolute atomic E-state index is 0.0643. The summed E-state index contributed by atoms with van der Waals surface area (Å²) >= 11 is 0. The number of ether oxygens (including phenoxy) is 3. The number of hydrogen-bond acceptors (Lipinski definition) is 6. The molecular formula is C46H88O6. The Kier molecular flexibility index (Phi) is 39.4. The number of carbonyl (C=O) groups is 3. The van der Waals surface area contributed by atoms with Gasteiger partial charge in [-0.1, -0.05) is 214 Å². The summed E-state index contributed by atoms with van der Waals surface area (Å²) in [7, 11) is 0. The smallest absolute Gasteiger partial charge is 0.306 e. The first-order valence-electron chi connectivity index (χ1n) is 22.9. The van der Waals surface area contributed by atoms with Crippen LogP contribution in [0.25, 0.3) is 0 Å². The van der Waals surface area contributed by atoms with Crippen molar-refractivity contribution < 1.29 is 28.6 Å². The van der Waals surface area contributed by atoms with Crippen LogP contribution in [-0.4, -0.2) is 37.2 Å². The van der Waals surface area contributed by atoms with Gasteiger partial charge in [0.1, 0.15) is 13.2 Å². The fraction of sp³-hybridized carbons (Fsp3) is 0.935. The quantitative estimate of drug-likeness (QED) is 0.0353. The Hall–Kier alpha value is -1.59. The van der Waals surface area contributed by atoms with Crippen molar-refractivity contribution in [2.24, 2.45) is 5.92 Å². The number of rotatable bonds is 41. The van der Waals surface area contributed by atoms with Crippen molar-refractivity contribution in [1.29, 1.82) is 0 Å². The molecule has 0 aliphatic rings. The zero-order valence-electron chi connectivity index (χ0n) is 35.3. The summed E-state index contributed by atoms with van der Waals surface area (Å²) in [6.45, 7) is 8.95. The molecule has 0 fully saturated rings. The fourth-order valence-electron chi connectivity index (χ4n) is 6.80. The molecule has 0 rings (SSSR count). The lowest BCUT2D eigenvalue weighted by molar-refractivity contribution is -0.167. The van der Waals surface area contributed by atoms with E-state index in [4.69, 9.17) is 14.2 Å². The highest BCUT2D eigenvalue weighted by atomic mass is 16.6. The third kappa shape index (κ3) is 39.6. The number of esters is 3. The molecular weight excluding hydrogens is 649 g/mol. The van der Waals surface area contributed by atoms with Crippen LogP contribution < -0.4 is 0 Å². The fourth-order valence-corrected chi connectivity index (χ4v) is 6.80. The molecule has 0 saturated carbocycles. The molecule has 6 nitrogen and oxygen atoms in total. The average molecular weight is 737 g/mol. The Labute approximate surface area is 323 Å². The lowest BCUT2D eigenvalue weighted by Crippen LogP contribution is -2.30. The normalized spacial score (nSPS) is 11.9. The van der Waals surface area contributed by atoms with Crippen LogP contribution in [0.3, 0.4) is 0 Å². The van der Waals surface area contributed by atoms with Gasteiger partial charge in [0, 0.05) is 19.3 Å². The van der Waals surface area contributed by atoms with E-state index in [2.05, 4.69) is 27.7 Å². The van der Waals surface area contributed by atoms with Crippen LogP contribution in [0.5, 0.6) is 0 Å². The first kappa shape index (κ1) is 50.4. The highest BCUT2D eigenvalue weighted by Gasteiger charge is 2.19. The van der Waals surface area contributed by atoms with Crippen LogP contribution in [0, 0.1) is 5.92 Å². The minimum atomic E-state index is -0.757. The number of hydrogen-bond donors (Lipinski definition) is 0. The summed E-state index contributed by atoms with van der Waals surface area (Å²) < 4.78 is 16.6. The van der Waals surface area contributed by atoms with Gasteiger partial charge < -0.3 is 14.2 Å². The summed E-state index contributed by atoms with van der Waals surface area (Å²) in [5, 5.41) is 0. The standard InChI is InChI=1S/C46H88O6/c1-5-7-9-11-13-21-26-29-33-37-44(47)50-40-43(52-46(49)39-35-31-24-12-10-8-6-2)41-51-45(48)38-34-30-27-23-20-18-16-14-15-17-19-22-25-28-32-36-42(3)4/h42-43H,5-41H2,1-4H3/t43-/m1/s1. The van der Waals surface area contributed by atoms with E-state index in [1.807, 2.05) is 0 Å². The van der Waals surface area contributed by atoms with E-state index in [0.29, 0.717) is 19.3 Å². The van der Waals surface area contributed by atoms with E-state index >= 15 is 0 Å². The van der Waals surface area contributed by atoms with Crippen LogP contribution >= 0.6 is 0 Å². The third-order valence-corrected chi connectivity index (χ3v) is 10.3. The van der Waals surface area contributed by atoms with E-state index in [1.54, 1.807) is 0 Å². The Morgan fingerprint density at radius 1 is 0.365 bits per heavy atom. The van der Waals surface area contributed by atoms with Crippen LogP contribution in [0.15, 0.2) is 0 Å².